The van der Waals surface area contributed by atoms with Gasteiger partial charge in [0.25, 0.3) is 5.92 Å². The number of nitrogens with zero attached hydrogens (tertiary/aromatic N) is 1. The van der Waals surface area contributed by atoms with Gasteiger partial charge in [-0.2, -0.15) is 0 Å². The fourth-order valence-corrected chi connectivity index (χ4v) is 5.45. The van der Waals surface area contributed by atoms with Gasteiger partial charge in [0.05, 0.1) is 19.3 Å². The number of hydrogen-bond donors (Lipinski definition) is 2. The van der Waals surface area contributed by atoms with E-state index in [1.807, 2.05) is 31.2 Å². The van der Waals surface area contributed by atoms with Crippen LogP contribution in [0.3, 0.4) is 0 Å². The van der Waals surface area contributed by atoms with Gasteiger partial charge in [0.15, 0.2) is 0 Å². The zero-order chi connectivity index (χ0) is 25.9. The molecule has 0 aromatic heterocycles. The van der Waals surface area contributed by atoms with Crippen molar-refractivity contribution in [3.63, 3.8) is 0 Å². The molecule has 8 heteroatoms. The Morgan fingerprint density at radius 3 is 2.69 bits per heavy atom. The van der Waals surface area contributed by atoms with E-state index in [4.69, 9.17) is 4.74 Å². The van der Waals surface area contributed by atoms with Crippen molar-refractivity contribution >= 4 is 5.57 Å². The molecule has 36 heavy (non-hydrogen) atoms. The number of ether oxygens (including phenoxy) is 1. The number of fused-ring (bicyclic) bond motifs is 2. The average Bonchev–Trinajstić information content (AvgIpc) is 3.22. The molecule has 2 aromatic rings. The van der Waals surface area contributed by atoms with E-state index in [0.29, 0.717) is 55.8 Å². The average molecular weight is 507 g/mol. The van der Waals surface area contributed by atoms with Crippen molar-refractivity contribution in [2.24, 2.45) is 0 Å². The quantitative estimate of drug-likeness (QED) is 0.324. The topological polar surface area (TPSA) is 44.7 Å². The van der Waals surface area contributed by atoms with Crippen LogP contribution in [-0.2, 0) is 6.42 Å². The molecule has 2 atom stereocenters. The van der Waals surface area contributed by atoms with E-state index in [9.17, 15) is 18.3 Å². The number of benzene rings is 2. The molecule has 4 nitrogen and oxygen atoms in total. The zero-order valence-corrected chi connectivity index (χ0v) is 20.8. The molecule has 0 saturated carbocycles. The summed E-state index contributed by atoms with van der Waals surface area (Å²) in [6.07, 6.45) is 1.56. The Bertz CT molecular complexity index is 1100. The predicted molar refractivity (Wildman–Crippen MR) is 133 cm³/mol. The van der Waals surface area contributed by atoms with Gasteiger partial charge >= 0.3 is 0 Å². The first kappa shape index (κ1) is 26.6. The molecule has 4 rings (SSSR count). The lowest BCUT2D eigenvalue weighted by Crippen LogP contribution is -2.48. The lowest BCUT2D eigenvalue weighted by atomic mass is 9.83. The fourth-order valence-electron chi connectivity index (χ4n) is 5.45. The molecular weight excluding hydrogens is 472 g/mol. The van der Waals surface area contributed by atoms with E-state index in [0.717, 1.165) is 22.3 Å². The third-order valence-electron chi connectivity index (χ3n) is 7.19. The summed E-state index contributed by atoms with van der Waals surface area (Å²) in [5.41, 5.74) is 5.13. The molecule has 0 saturated heterocycles. The standard InChI is InChI=1S/C28H34F4N2O2/c1-18-14-22-21-7-4-3-6-20(21)15-23(22)27(34(18)16-28(31,32)17-35)26-19(2)25(9-8-24(26)30)36-13-12-33-11-5-10-29/h3-4,6-9,18,27,33,35H,5,10-17H2,1-2H3/t18-,27+/m1/s1. The molecule has 2 N–H and O–H groups in total. The Kier molecular flexibility index (Phi) is 8.37. The van der Waals surface area contributed by atoms with Crippen LogP contribution in [0.1, 0.15) is 48.1 Å². The van der Waals surface area contributed by atoms with Crippen molar-refractivity contribution in [3.8, 4) is 5.75 Å². The van der Waals surface area contributed by atoms with E-state index in [1.165, 1.54) is 6.07 Å². The number of aliphatic hydroxyl groups excluding tert-OH is 1. The Morgan fingerprint density at radius 2 is 1.94 bits per heavy atom. The maximum absolute atomic E-state index is 15.6. The highest BCUT2D eigenvalue weighted by Crippen LogP contribution is 2.50. The van der Waals surface area contributed by atoms with Crippen LogP contribution in [0.15, 0.2) is 42.0 Å². The smallest absolute Gasteiger partial charge is 0.283 e. The van der Waals surface area contributed by atoms with Crippen LogP contribution in [0.2, 0.25) is 0 Å². The molecule has 0 spiro atoms. The van der Waals surface area contributed by atoms with Crippen LogP contribution in [0.25, 0.3) is 5.57 Å². The first-order valence-electron chi connectivity index (χ1n) is 12.5. The van der Waals surface area contributed by atoms with Gasteiger partial charge in [-0.15, -0.1) is 0 Å². The molecule has 0 amide bonds. The van der Waals surface area contributed by atoms with Gasteiger partial charge in [-0.1, -0.05) is 24.3 Å². The minimum atomic E-state index is -3.32. The van der Waals surface area contributed by atoms with Gasteiger partial charge < -0.3 is 15.2 Å². The minimum absolute atomic E-state index is 0.291. The monoisotopic (exact) mass is 506 g/mol. The summed E-state index contributed by atoms with van der Waals surface area (Å²) in [7, 11) is 0. The van der Waals surface area contributed by atoms with Crippen molar-refractivity contribution < 1.29 is 27.4 Å². The Balaban J connectivity index is 1.71. The molecule has 0 unspecified atom stereocenters. The highest BCUT2D eigenvalue weighted by Gasteiger charge is 2.44. The summed E-state index contributed by atoms with van der Waals surface area (Å²) >= 11 is 0. The summed E-state index contributed by atoms with van der Waals surface area (Å²) in [6, 6.07) is 9.88. The first-order chi connectivity index (χ1) is 17.3. The maximum atomic E-state index is 15.6. The lowest BCUT2D eigenvalue weighted by Gasteiger charge is -2.44. The van der Waals surface area contributed by atoms with Crippen molar-refractivity contribution in [3.05, 3.63) is 70.0 Å². The van der Waals surface area contributed by atoms with Crippen LogP contribution in [0.4, 0.5) is 17.6 Å². The summed E-state index contributed by atoms with van der Waals surface area (Å²) in [6.45, 7) is 2.66. The SMILES string of the molecule is Cc1c(OCCNCCCF)ccc(F)c1[C@@H]1C2=C(C[C@@H](C)N1CC(F)(F)CO)c1ccccc1C2. The second-order valence-corrected chi connectivity index (χ2v) is 9.70. The third kappa shape index (κ3) is 5.45. The van der Waals surface area contributed by atoms with Crippen molar-refractivity contribution in [1.29, 1.82) is 0 Å². The molecular formula is C28H34F4N2O2. The third-order valence-corrected chi connectivity index (χ3v) is 7.19. The van der Waals surface area contributed by atoms with Crippen molar-refractivity contribution in [2.75, 3.05) is 39.5 Å². The molecule has 0 fully saturated rings. The predicted octanol–water partition coefficient (Wildman–Crippen LogP) is 5.23. The zero-order valence-electron chi connectivity index (χ0n) is 20.8. The van der Waals surface area contributed by atoms with Gasteiger partial charge in [-0.25, -0.2) is 13.2 Å². The van der Waals surface area contributed by atoms with Gasteiger partial charge in [-0.3, -0.25) is 9.29 Å². The van der Waals surface area contributed by atoms with Crippen molar-refractivity contribution in [1.82, 2.24) is 10.2 Å². The Labute approximate surface area is 210 Å². The number of aliphatic hydroxyl groups is 1. The minimum Gasteiger partial charge on any atom is -0.492 e. The van der Waals surface area contributed by atoms with E-state index in [2.05, 4.69) is 5.32 Å². The maximum Gasteiger partial charge on any atom is 0.283 e. The normalized spacial score (nSPS) is 20.0. The van der Waals surface area contributed by atoms with E-state index < -0.39 is 30.9 Å². The highest BCUT2D eigenvalue weighted by molar-refractivity contribution is 5.79. The molecule has 0 bridgehead atoms. The number of alkyl halides is 3. The molecule has 196 valence electrons. The number of rotatable bonds is 11. The van der Waals surface area contributed by atoms with E-state index in [-0.39, 0.29) is 12.7 Å². The molecule has 1 aliphatic heterocycles. The summed E-state index contributed by atoms with van der Waals surface area (Å²) in [5.74, 6) is -3.30. The van der Waals surface area contributed by atoms with Gasteiger partial charge in [0, 0.05) is 18.2 Å². The van der Waals surface area contributed by atoms with Gasteiger partial charge in [0.2, 0.25) is 0 Å². The highest BCUT2D eigenvalue weighted by atomic mass is 19.3. The molecule has 1 heterocycles. The molecule has 1 aliphatic carbocycles. The van der Waals surface area contributed by atoms with E-state index in [1.54, 1.807) is 17.9 Å². The molecule has 2 aromatic carbocycles. The largest absolute Gasteiger partial charge is 0.492 e. The molecule has 2 aliphatic rings. The van der Waals surface area contributed by atoms with Gasteiger partial charge in [0.1, 0.15) is 24.8 Å². The summed E-state index contributed by atoms with van der Waals surface area (Å²) in [4.78, 5) is 1.63. The lowest BCUT2D eigenvalue weighted by molar-refractivity contribution is -0.0860. The van der Waals surface area contributed by atoms with Gasteiger partial charge in [-0.05, 0) is 79.6 Å². The summed E-state index contributed by atoms with van der Waals surface area (Å²) < 4.78 is 62.8. The van der Waals surface area contributed by atoms with Crippen LogP contribution >= 0.6 is 0 Å². The molecule has 0 radical (unpaired) electrons. The van der Waals surface area contributed by atoms with Crippen LogP contribution < -0.4 is 10.1 Å². The van der Waals surface area contributed by atoms with Crippen LogP contribution in [0, 0.1) is 12.7 Å². The number of hydrogen-bond acceptors (Lipinski definition) is 4. The summed E-state index contributed by atoms with van der Waals surface area (Å²) in [5, 5.41) is 12.4. The first-order valence-corrected chi connectivity index (χ1v) is 12.5. The van der Waals surface area contributed by atoms with E-state index >= 15 is 4.39 Å². The number of halogens is 4. The van der Waals surface area contributed by atoms with Crippen LogP contribution in [0.5, 0.6) is 5.75 Å². The Hall–Kier alpha value is -2.42. The Morgan fingerprint density at radius 1 is 1.17 bits per heavy atom. The fraction of sp³-hybridized carbons (Fsp3) is 0.500. The second-order valence-electron chi connectivity index (χ2n) is 9.70. The number of nitrogens with one attached hydrogen (secondary N) is 1. The van der Waals surface area contributed by atoms with Crippen LogP contribution in [-0.4, -0.2) is 61.5 Å². The van der Waals surface area contributed by atoms with Crippen molar-refractivity contribution in [2.45, 2.75) is 51.1 Å². The second kappa shape index (κ2) is 11.3.